The van der Waals surface area contributed by atoms with Crippen LogP contribution in [0.2, 0.25) is 0 Å². The van der Waals surface area contributed by atoms with Crippen LogP contribution in [0, 0.1) is 5.82 Å². The molecule has 0 aliphatic heterocycles. The number of sulfone groups is 1. The van der Waals surface area contributed by atoms with Crippen LogP contribution in [0.4, 0.5) is 4.39 Å². The minimum Gasteiger partial charge on any atom is -0.481 e. The number of carbonyl (C=O) groups is 1. The van der Waals surface area contributed by atoms with Crippen molar-refractivity contribution in [3.05, 3.63) is 30.1 Å². The van der Waals surface area contributed by atoms with Crippen molar-refractivity contribution < 1.29 is 22.7 Å². The van der Waals surface area contributed by atoms with Gasteiger partial charge in [-0.2, -0.15) is 0 Å². The Labute approximate surface area is 92.6 Å². The van der Waals surface area contributed by atoms with Crippen molar-refractivity contribution in [3.8, 4) is 0 Å². The van der Waals surface area contributed by atoms with E-state index in [-0.39, 0.29) is 4.90 Å². The van der Waals surface area contributed by atoms with Gasteiger partial charge >= 0.3 is 5.97 Å². The molecule has 1 rings (SSSR count). The monoisotopic (exact) mass is 246 g/mol. The lowest BCUT2D eigenvalue weighted by Crippen LogP contribution is -2.21. The van der Waals surface area contributed by atoms with Crippen LogP contribution in [-0.4, -0.2) is 24.7 Å². The van der Waals surface area contributed by atoms with Gasteiger partial charge in [-0.05, 0) is 31.2 Å². The number of benzene rings is 1. The van der Waals surface area contributed by atoms with E-state index in [1.165, 1.54) is 6.92 Å². The zero-order valence-corrected chi connectivity index (χ0v) is 9.37. The van der Waals surface area contributed by atoms with Crippen molar-refractivity contribution >= 4 is 15.8 Å². The Bertz CT molecular complexity index is 478. The largest absolute Gasteiger partial charge is 0.481 e. The summed E-state index contributed by atoms with van der Waals surface area (Å²) in [5.74, 6) is -1.72. The van der Waals surface area contributed by atoms with Crippen LogP contribution in [0.25, 0.3) is 0 Å². The van der Waals surface area contributed by atoms with Gasteiger partial charge in [-0.25, -0.2) is 12.8 Å². The second-order valence-corrected chi connectivity index (χ2v) is 5.77. The molecular formula is C10H11FO4S. The van der Waals surface area contributed by atoms with E-state index in [9.17, 15) is 17.6 Å². The molecule has 1 aromatic carbocycles. The molecule has 0 aromatic heterocycles. The first kappa shape index (κ1) is 12.6. The van der Waals surface area contributed by atoms with Gasteiger partial charge in [-0.3, -0.25) is 4.79 Å². The first-order chi connectivity index (χ1) is 7.34. The molecule has 0 spiro atoms. The summed E-state index contributed by atoms with van der Waals surface area (Å²) in [5, 5.41) is 7.48. The van der Waals surface area contributed by atoms with Gasteiger partial charge in [0, 0.05) is 0 Å². The van der Waals surface area contributed by atoms with E-state index >= 15 is 0 Å². The molecule has 4 nitrogen and oxygen atoms in total. The molecule has 1 aromatic rings. The Kier molecular flexibility index (Phi) is 3.64. The van der Waals surface area contributed by atoms with E-state index < -0.39 is 33.3 Å². The Morgan fingerprint density at radius 1 is 1.38 bits per heavy atom. The average molecular weight is 246 g/mol. The average Bonchev–Trinajstić information content (AvgIpc) is 2.17. The van der Waals surface area contributed by atoms with E-state index in [0.29, 0.717) is 0 Å². The summed E-state index contributed by atoms with van der Waals surface area (Å²) in [6.45, 7) is 1.31. The highest BCUT2D eigenvalue weighted by atomic mass is 32.2. The smallest absolute Gasteiger partial charge is 0.304 e. The lowest BCUT2D eigenvalue weighted by molar-refractivity contribution is -0.136. The van der Waals surface area contributed by atoms with Crippen LogP contribution in [0.1, 0.15) is 13.3 Å². The summed E-state index contributed by atoms with van der Waals surface area (Å²) < 4.78 is 36.2. The van der Waals surface area contributed by atoms with E-state index in [4.69, 9.17) is 5.11 Å². The van der Waals surface area contributed by atoms with Gasteiger partial charge in [-0.1, -0.05) is 0 Å². The number of carboxylic acids is 1. The third kappa shape index (κ3) is 2.79. The summed E-state index contributed by atoms with van der Waals surface area (Å²) in [6.07, 6.45) is -0.473. The lowest BCUT2D eigenvalue weighted by Gasteiger charge is -2.10. The van der Waals surface area contributed by atoms with E-state index in [2.05, 4.69) is 0 Å². The molecule has 1 N–H and O–H groups in total. The minimum absolute atomic E-state index is 0.0670. The molecule has 6 heteroatoms. The normalized spacial score (nSPS) is 13.4. The maximum atomic E-state index is 12.6. The molecule has 1 unspecified atom stereocenters. The molecule has 1 atom stereocenters. The highest BCUT2D eigenvalue weighted by Crippen LogP contribution is 2.18. The zero-order chi connectivity index (χ0) is 12.3. The fraction of sp³-hybridized carbons (Fsp3) is 0.300. The molecular weight excluding hydrogens is 235 g/mol. The Hall–Kier alpha value is -1.43. The number of aliphatic carboxylic acids is 1. The third-order valence-electron chi connectivity index (χ3n) is 2.13. The van der Waals surface area contributed by atoms with Gasteiger partial charge in [-0.15, -0.1) is 0 Å². The Morgan fingerprint density at radius 3 is 2.31 bits per heavy atom. The van der Waals surface area contributed by atoms with Crippen molar-refractivity contribution in [1.82, 2.24) is 0 Å². The van der Waals surface area contributed by atoms with Crippen molar-refractivity contribution in [3.63, 3.8) is 0 Å². The van der Waals surface area contributed by atoms with Gasteiger partial charge in [0.15, 0.2) is 9.84 Å². The zero-order valence-electron chi connectivity index (χ0n) is 8.55. The van der Waals surface area contributed by atoms with Crippen LogP contribution in [0.5, 0.6) is 0 Å². The first-order valence-corrected chi connectivity index (χ1v) is 6.10. The first-order valence-electron chi connectivity index (χ1n) is 4.55. The molecule has 0 saturated heterocycles. The van der Waals surface area contributed by atoms with E-state index in [0.717, 1.165) is 24.3 Å². The SMILES string of the molecule is CC(CC(=O)O)S(=O)(=O)c1ccc(F)cc1. The molecule has 0 aliphatic rings. The molecule has 0 amide bonds. The molecule has 0 heterocycles. The number of carboxylic acid groups (broad SMARTS) is 1. The second-order valence-electron chi connectivity index (χ2n) is 3.41. The van der Waals surface area contributed by atoms with Crippen molar-refractivity contribution in [2.24, 2.45) is 0 Å². The molecule has 0 fully saturated rings. The summed E-state index contributed by atoms with van der Waals surface area (Å²) in [5.41, 5.74) is 0. The Balaban J connectivity index is 3.02. The van der Waals surface area contributed by atoms with Gasteiger partial charge in [0.2, 0.25) is 0 Å². The second kappa shape index (κ2) is 4.61. The fourth-order valence-corrected chi connectivity index (χ4v) is 2.55. The van der Waals surface area contributed by atoms with Crippen molar-refractivity contribution in [2.75, 3.05) is 0 Å². The van der Waals surface area contributed by atoms with E-state index in [1.54, 1.807) is 0 Å². The van der Waals surface area contributed by atoms with Crippen LogP contribution < -0.4 is 0 Å². The molecule has 0 bridgehead atoms. The maximum absolute atomic E-state index is 12.6. The molecule has 0 saturated carbocycles. The number of hydrogen-bond acceptors (Lipinski definition) is 3. The maximum Gasteiger partial charge on any atom is 0.304 e. The lowest BCUT2D eigenvalue weighted by atomic mass is 10.3. The van der Waals surface area contributed by atoms with Crippen LogP contribution >= 0.6 is 0 Å². The van der Waals surface area contributed by atoms with Gasteiger partial charge < -0.3 is 5.11 Å². The summed E-state index contributed by atoms with van der Waals surface area (Å²) in [6, 6.07) is 4.31. The van der Waals surface area contributed by atoms with E-state index in [1.807, 2.05) is 0 Å². The van der Waals surface area contributed by atoms with Crippen LogP contribution in [0.3, 0.4) is 0 Å². The van der Waals surface area contributed by atoms with Gasteiger partial charge in [0.25, 0.3) is 0 Å². The fourth-order valence-electron chi connectivity index (χ4n) is 1.21. The van der Waals surface area contributed by atoms with Gasteiger partial charge in [0.1, 0.15) is 5.82 Å². The van der Waals surface area contributed by atoms with Crippen LogP contribution in [0.15, 0.2) is 29.2 Å². The molecule has 88 valence electrons. The molecule has 0 radical (unpaired) electrons. The Morgan fingerprint density at radius 2 is 1.88 bits per heavy atom. The van der Waals surface area contributed by atoms with Crippen molar-refractivity contribution in [1.29, 1.82) is 0 Å². The van der Waals surface area contributed by atoms with Crippen molar-refractivity contribution in [2.45, 2.75) is 23.5 Å². The quantitative estimate of drug-likeness (QED) is 0.816. The minimum atomic E-state index is -3.70. The molecule has 16 heavy (non-hydrogen) atoms. The van der Waals surface area contributed by atoms with Gasteiger partial charge in [0.05, 0.1) is 16.6 Å². The number of rotatable bonds is 4. The van der Waals surface area contributed by atoms with Crippen LogP contribution in [-0.2, 0) is 14.6 Å². The predicted molar refractivity (Wildman–Crippen MR) is 55.3 cm³/mol. The standard InChI is InChI=1S/C10H11FO4S/c1-7(6-10(12)13)16(14,15)9-4-2-8(11)3-5-9/h2-5,7H,6H2,1H3,(H,12,13). The number of hydrogen-bond donors (Lipinski definition) is 1. The third-order valence-corrected chi connectivity index (χ3v) is 4.29. The highest BCUT2D eigenvalue weighted by Gasteiger charge is 2.25. The summed E-state index contributed by atoms with van der Waals surface area (Å²) >= 11 is 0. The summed E-state index contributed by atoms with van der Waals surface area (Å²) in [7, 11) is -3.70. The predicted octanol–water partition coefficient (Wildman–Crippen LogP) is 1.46. The molecule has 0 aliphatic carbocycles. The highest BCUT2D eigenvalue weighted by molar-refractivity contribution is 7.92. The topological polar surface area (TPSA) is 71.4 Å². The number of halogens is 1. The summed E-state index contributed by atoms with van der Waals surface area (Å²) in [4.78, 5) is 10.4.